The van der Waals surface area contributed by atoms with Crippen LogP contribution in [0.1, 0.15) is 47.8 Å². The zero-order valence-corrected chi connectivity index (χ0v) is 19.0. The molecule has 3 aromatic rings. The highest BCUT2D eigenvalue weighted by Crippen LogP contribution is 2.37. The summed E-state index contributed by atoms with van der Waals surface area (Å²) in [5, 5.41) is 6.82. The Bertz CT molecular complexity index is 1070. The van der Waals surface area contributed by atoms with Crippen molar-refractivity contribution in [3.63, 3.8) is 0 Å². The fourth-order valence-electron chi connectivity index (χ4n) is 3.80. The molecule has 6 heteroatoms. The van der Waals surface area contributed by atoms with E-state index in [9.17, 15) is 4.79 Å². The Morgan fingerprint density at radius 1 is 1.10 bits per heavy atom. The van der Waals surface area contributed by atoms with Gasteiger partial charge in [0.25, 0.3) is 5.91 Å². The molecule has 158 valence electrons. The van der Waals surface area contributed by atoms with E-state index in [0.29, 0.717) is 10.8 Å². The molecule has 0 aliphatic rings. The van der Waals surface area contributed by atoms with Gasteiger partial charge in [-0.2, -0.15) is 0 Å². The van der Waals surface area contributed by atoms with Crippen molar-refractivity contribution >= 4 is 28.9 Å². The van der Waals surface area contributed by atoms with Gasteiger partial charge in [-0.1, -0.05) is 56.1 Å². The van der Waals surface area contributed by atoms with Crippen molar-refractivity contribution in [2.75, 3.05) is 17.7 Å². The number of amides is 1. The van der Waals surface area contributed by atoms with Crippen molar-refractivity contribution in [1.82, 2.24) is 9.55 Å². The first kappa shape index (κ1) is 21.9. The summed E-state index contributed by atoms with van der Waals surface area (Å²) in [4.78, 5) is 17.7. The number of nitrogens with one attached hydrogen (secondary N) is 2. The van der Waals surface area contributed by atoms with Crippen LogP contribution < -0.4 is 10.6 Å². The molecule has 0 radical (unpaired) electrons. The summed E-state index contributed by atoms with van der Waals surface area (Å²) in [5.41, 5.74) is 6.60. The number of aryl methyl sites for hydroxylation is 1. The number of nitrogens with zero attached hydrogens (tertiary/aromatic N) is 2. The van der Waals surface area contributed by atoms with Crippen LogP contribution in [0.15, 0.2) is 36.4 Å². The zero-order chi connectivity index (χ0) is 21.8. The van der Waals surface area contributed by atoms with Crippen LogP contribution in [-0.2, 0) is 19.9 Å². The number of benzene rings is 2. The molecule has 0 saturated carbocycles. The standard InChI is InChI=1S/C24H29ClN4O/c1-6-10-21-18(7-2)27-23(29(21)5)24(30)28-19-13-8-11-16(15(19)3)17-12-9-14-20(26-4)22(17)25/h8-9,11-14,26H,6-7,10H2,1-5H3,(H,28,30). The van der Waals surface area contributed by atoms with Gasteiger partial charge in [-0.15, -0.1) is 0 Å². The predicted molar refractivity (Wildman–Crippen MR) is 126 cm³/mol. The third kappa shape index (κ3) is 4.08. The lowest BCUT2D eigenvalue weighted by Gasteiger charge is -2.15. The van der Waals surface area contributed by atoms with Gasteiger partial charge < -0.3 is 15.2 Å². The Hall–Kier alpha value is -2.79. The van der Waals surface area contributed by atoms with Crippen molar-refractivity contribution < 1.29 is 4.79 Å². The molecule has 0 atom stereocenters. The van der Waals surface area contributed by atoms with Crippen molar-refractivity contribution in [3.8, 4) is 11.1 Å². The molecule has 1 aromatic heterocycles. The summed E-state index contributed by atoms with van der Waals surface area (Å²) in [5.74, 6) is 0.236. The molecule has 30 heavy (non-hydrogen) atoms. The van der Waals surface area contributed by atoms with Crippen LogP contribution in [0.2, 0.25) is 5.02 Å². The number of hydrogen-bond donors (Lipinski definition) is 2. The topological polar surface area (TPSA) is 59.0 Å². The molecule has 0 spiro atoms. The number of anilines is 2. The van der Waals surface area contributed by atoms with E-state index in [1.165, 1.54) is 0 Å². The van der Waals surface area contributed by atoms with Gasteiger partial charge in [0.15, 0.2) is 5.82 Å². The lowest BCUT2D eigenvalue weighted by molar-refractivity contribution is 0.101. The number of halogens is 1. The number of imidazole rings is 1. The van der Waals surface area contributed by atoms with E-state index in [2.05, 4.69) is 29.5 Å². The number of carbonyl (C=O) groups excluding carboxylic acids is 1. The summed E-state index contributed by atoms with van der Waals surface area (Å²) in [6.45, 7) is 6.20. The van der Waals surface area contributed by atoms with Crippen molar-refractivity contribution in [2.24, 2.45) is 7.05 Å². The Labute approximate surface area is 183 Å². The maximum atomic E-state index is 13.1. The molecular weight excluding hydrogens is 396 g/mol. The van der Waals surface area contributed by atoms with E-state index in [-0.39, 0.29) is 5.91 Å². The molecule has 3 rings (SSSR count). The number of aromatic nitrogens is 2. The van der Waals surface area contributed by atoms with Gasteiger partial charge in [0.05, 0.1) is 16.4 Å². The molecule has 0 aliphatic heterocycles. The zero-order valence-electron chi connectivity index (χ0n) is 18.3. The molecule has 0 saturated heterocycles. The van der Waals surface area contributed by atoms with E-state index in [1.54, 1.807) is 0 Å². The normalized spacial score (nSPS) is 10.9. The Balaban J connectivity index is 1.96. The summed E-state index contributed by atoms with van der Waals surface area (Å²) in [6.07, 6.45) is 2.74. The number of rotatable bonds is 7. The van der Waals surface area contributed by atoms with Gasteiger partial charge in [-0.25, -0.2) is 4.98 Å². The molecule has 5 nitrogen and oxygen atoms in total. The van der Waals surface area contributed by atoms with Crippen LogP contribution in [0, 0.1) is 6.92 Å². The number of hydrogen-bond acceptors (Lipinski definition) is 3. The summed E-state index contributed by atoms with van der Waals surface area (Å²) in [7, 11) is 3.76. The first-order chi connectivity index (χ1) is 14.4. The van der Waals surface area contributed by atoms with E-state index < -0.39 is 0 Å². The van der Waals surface area contributed by atoms with E-state index in [0.717, 1.165) is 58.7 Å². The molecule has 0 aliphatic carbocycles. The minimum atomic E-state index is -0.204. The van der Waals surface area contributed by atoms with E-state index in [1.807, 2.05) is 62.0 Å². The van der Waals surface area contributed by atoms with Gasteiger partial charge in [-0.05, 0) is 43.0 Å². The molecule has 1 heterocycles. The second kappa shape index (κ2) is 9.35. The highest BCUT2D eigenvalue weighted by molar-refractivity contribution is 6.36. The highest BCUT2D eigenvalue weighted by atomic mass is 35.5. The van der Waals surface area contributed by atoms with Crippen LogP contribution in [0.25, 0.3) is 11.1 Å². The summed E-state index contributed by atoms with van der Waals surface area (Å²) < 4.78 is 1.92. The first-order valence-electron chi connectivity index (χ1n) is 10.3. The van der Waals surface area contributed by atoms with Crippen LogP contribution in [0.4, 0.5) is 11.4 Å². The second-order valence-corrected chi connectivity index (χ2v) is 7.72. The molecular formula is C24H29ClN4O. The van der Waals surface area contributed by atoms with E-state index in [4.69, 9.17) is 11.6 Å². The first-order valence-corrected chi connectivity index (χ1v) is 10.7. The average Bonchev–Trinajstić information content (AvgIpc) is 3.06. The minimum Gasteiger partial charge on any atom is -0.387 e. The van der Waals surface area contributed by atoms with Crippen LogP contribution >= 0.6 is 11.6 Å². The van der Waals surface area contributed by atoms with Gasteiger partial charge in [0, 0.05) is 31.0 Å². The summed E-state index contributed by atoms with van der Waals surface area (Å²) >= 11 is 6.59. The van der Waals surface area contributed by atoms with E-state index >= 15 is 0 Å². The second-order valence-electron chi connectivity index (χ2n) is 7.34. The van der Waals surface area contributed by atoms with Crippen molar-refractivity contribution in [2.45, 2.75) is 40.0 Å². The smallest absolute Gasteiger partial charge is 0.291 e. The molecule has 1 amide bonds. The fraction of sp³-hybridized carbons (Fsp3) is 0.333. The van der Waals surface area contributed by atoms with Crippen molar-refractivity contribution in [3.05, 3.63) is 64.2 Å². The van der Waals surface area contributed by atoms with Gasteiger partial charge in [-0.3, -0.25) is 4.79 Å². The monoisotopic (exact) mass is 424 g/mol. The Morgan fingerprint density at radius 2 is 1.77 bits per heavy atom. The predicted octanol–water partition coefficient (Wildman–Crippen LogP) is 5.86. The lowest BCUT2D eigenvalue weighted by Crippen LogP contribution is -2.18. The molecule has 2 N–H and O–H groups in total. The maximum absolute atomic E-state index is 13.1. The van der Waals surface area contributed by atoms with Gasteiger partial charge in [0.1, 0.15) is 0 Å². The third-order valence-electron chi connectivity index (χ3n) is 5.46. The third-order valence-corrected chi connectivity index (χ3v) is 5.87. The SMILES string of the molecule is CCCc1c(CC)nc(C(=O)Nc2cccc(-c3cccc(NC)c3Cl)c2C)n1C. The quantitative estimate of drug-likeness (QED) is 0.499. The van der Waals surface area contributed by atoms with Gasteiger partial charge >= 0.3 is 0 Å². The molecule has 0 bridgehead atoms. The van der Waals surface area contributed by atoms with Crippen LogP contribution in [-0.4, -0.2) is 22.5 Å². The molecule has 0 unspecified atom stereocenters. The molecule has 0 fully saturated rings. The summed E-state index contributed by atoms with van der Waals surface area (Å²) in [6, 6.07) is 11.7. The van der Waals surface area contributed by atoms with Crippen molar-refractivity contribution in [1.29, 1.82) is 0 Å². The molecule has 2 aromatic carbocycles. The van der Waals surface area contributed by atoms with Crippen LogP contribution in [0.3, 0.4) is 0 Å². The average molecular weight is 425 g/mol. The lowest BCUT2D eigenvalue weighted by atomic mass is 9.98. The van der Waals surface area contributed by atoms with Gasteiger partial charge in [0.2, 0.25) is 0 Å². The Morgan fingerprint density at radius 3 is 2.40 bits per heavy atom. The fourth-order valence-corrected chi connectivity index (χ4v) is 4.12. The highest BCUT2D eigenvalue weighted by Gasteiger charge is 2.20. The Kier molecular flexibility index (Phi) is 6.83. The largest absolute Gasteiger partial charge is 0.387 e. The number of carbonyl (C=O) groups is 1. The maximum Gasteiger partial charge on any atom is 0.291 e. The van der Waals surface area contributed by atoms with Crippen LogP contribution in [0.5, 0.6) is 0 Å². The minimum absolute atomic E-state index is 0.204.